The fourth-order valence-electron chi connectivity index (χ4n) is 1.68. The quantitative estimate of drug-likeness (QED) is 0.870. The summed E-state index contributed by atoms with van der Waals surface area (Å²) in [5.74, 6) is -2.63. The van der Waals surface area contributed by atoms with Crippen LogP contribution >= 0.6 is 0 Å². The molecular weight excluding hydrogens is 265 g/mol. The number of esters is 1. The molecule has 1 N–H and O–H groups in total. The molecule has 0 bridgehead atoms. The van der Waals surface area contributed by atoms with E-state index in [4.69, 9.17) is 5.11 Å². The summed E-state index contributed by atoms with van der Waals surface area (Å²) >= 11 is 0. The molecule has 6 heteroatoms. The van der Waals surface area contributed by atoms with E-state index in [0.29, 0.717) is 11.1 Å². The summed E-state index contributed by atoms with van der Waals surface area (Å²) in [4.78, 5) is 25.9. The van der Waals surface area contributed by atoms with Crippen LogP contribution in [0.1, 0.15) is 20.7 Å². The van der Waals surface area contributed by atoms with E-state index in [9.17, 15) is 14.0 Å². The van der Waals surface area contributed by atoms with Gasteiger partial charge in [-0.05, 0) is 23.8 Å². The van der Waals surface area contributed by atoms with Gasteiger partial charge in [-0.2, -0.15) is 0 Å². The third-order valence-electron chi connectivity index (χ3n) is 2.69. The number of aromatic nitrogens is 1. The number of carbonyl (C=O) groups is 2. The lowest BCUT2D eigenvalue weighted by Gasteiger charge is -2.05. The molecule has 0 saturated heterocycles. The van der Waals surface area contributed by atoms with Crippen LogP contribution in [0, 0.1) is 5.82 Å². The molecule has 0 radical (unpaired) electrons. The Morgan fingerprint density at radius 3 is 2.55 bits per heavy atom. The Morgan fingerprint density at radius 1 is 1.20 bits per heavy atom. The summed E-state index contributed by atoms with van der Waals surface area (Å²) in [6.45, 7) is 0. The number of nitrogens with zero attached hydrogens (tertiary/aromatic N) is 1. The highest BCUT2D eigenvalue weighted by molar-refractivity contribution is 5.91. The second-order valence-electron chi connectivity index (χ2n) is 3.95. The van der Waals surface area contributed by atoms with Crippen LogP contribution < -0.4 is 0 Å². The van der Waals surface area contributed by atoms with Crippen molar-refractivity contribution in [2.45, 2.75) is 0 Å². The molecule has 0 saturated carbocycles. The fraction of sp³-hybridized carbons (Fsp3) is 0.0714. The van der Waals surface area contributed by atoms with E-state index < -0.39 is 17.8 Å². The molecule has 102 valence electrons. The molecule has 1 aromatic heterocycles. The smallest absolute Gasteiger partial charge is 0.340 e. The van der Waals surface area contributed by atoms with E-state index in [1.807, 2.05) is 0 Å². The largest absolute Gasteiger partial charge is 0.478 e. The molecule has 0 aliphatic carbocycles. The lowest BCUT2D eigenvalue weighted by molar-refractivity contribution is 0.0594. The van der Waals surface area contributed by atoms with Crippen LogP contribution in [0.15, 0.2) is 36.7 Å². The van der Waals surface area contributed by atoms with Crippen LogP contribution in [0.2, 0.25) is 0 Å². The third-order valence-corrected chi connectivity index (χ3v) is 2.69. The predicted molar refractivity (Wildman–Crippen MR) is 67.9 cm³/mol. The standard InChI is InChI=1S/C14H10FNO4/c1-20-14(19)11-3-2-8(5-12(11)15)9-4-10(13(17)18)7-16-6-9/h2-7H,1H3,(H,17,18). The van der Waals surface area contributed by atoms with E-state index in [-0.39, 0.29) is 11.1 Å². The van der Waals surface area contributed by atoms with Crippen molar-refractivity contribution >= 4 is 11.9 Å². The summed E-state index contributed by atoms with van der Waals surface area (Å²) in [6.07, 6.45) is 2.62. The van der Waals surface area contributed by atoms with Crippen LogP contribution in [0.25, 0.3) is 11.1 Å². The van der Waals surface area contributed by atoms with Crippen LogP contribution in [0.4, 0.5) is 4.39 Å². The molecule has 0 atom stereocenters. The van der Waals surface area contributed by atoms with E-state index in [2.05, 4.69) is 9.72 Å². The van der Waals surface area contributed by atoms with Gasteiger partial charge in [-0.1, -0.05) is 6.07 Å². The Balaban J connectivity index is 2.44. The van der Waals surface area contributed by atoms with Crippen molar-refractivity contribution in [3.63, 3.8) is 0 Å². The zero-order valence-electron chi connectivity index (χ0n) is 10.5. The van der Waals surface area contributed by atoms with Crippen LogP contribution in [0.5, 0.6) is 0 Å². The van der Waals surface area contributed by atoms with E-state index in [1.165, 1.54) is 30.6 Å². The van der Waals surface area contributed by atoms with Crippen LogP contribution in [-0.2, 0) is 4.74 Å². The molecule has 0 aliphatic heterocycles. The van der Waals surface area contributed by atoms with E-state index in [0.717, 1.165) is 13.2 Å². The first kappa shape index (κ1) is 13.7. The third kappa shape index (κ3) is 2.64. The van der Waals surface area contributed by atoms with Crippen LogP contribution in [0.3, 0.4) is 0 Å². The summed E-state index contributed by atoms with van der Waals surface area (Å²) in [7, 11) is 1.16. The maximum atomic E-state index is 13.8. The maximum Gasteiger partial charge on any atom is 0.340 e. The van der Waals surface area contributed by atoms with Gasteiger partial charge in [0.15, 0.2) is 0 Å². The highest BCUT2D eigenvalue weighted by atomic mass is 19.1. The summed E-state index contributed by atoms with van der Waals surface area (Å²) in [6, 6.07) is 5.29. The second kappa shape index (κ2) is 5.48. The number of methoxy groups -OCH3 is 1. The van der Waals surface area contributed by atoms with Crippen molar-refractivity contribution in [2.75, 3.05) is 7.11 Å². The monoisotopic (exact) mass is 275 g/mol. The minimum atomic E-state index is -1.12. The lowest BCUT2D eigenvalue weighted by Crippen LogP contribution is -2.04. The highest BCUT2D eigenvalue weighted by Crippen LogP contribution is 2.22. The lowest BCUT2D eigenvalue weighted by atomic mass is 10.0. The minimum absolute atomic E-state index is 0.0000439. The van der Waals surface area contributed by atoms with Crippen molar-refractivity contribution < 1.29 is 23.8 Å². The Hall–Kier alpha value is -2.76. The molecule has 20 heavy (non-hydrogen) atoms. The minimum Gasteiger partial charge on any atom is -0.478 e. The Morgan fingerprint density at radius 2 is 1.95 bits per heavy atom. The first-order valence-electron chi connectivity index (χ1n) is 5.59. The van der Waals surface area contributed by atoms with Gasteiger partial charge in [-0.25, -0.2) is 14.0 Å². The van der Waals surface area contributed by atoms with Gasteiger partial charge in [0, 0.05) is 18.0 Å². The first-order chi connectivity index (χ1) is 9.52. The molecule has 0 aliphatic rings. The highest BCUT2D eigenvalue weighted by Gasteiger charge is 2.13. The normalized spacial score (nSPS) is 10.1. The van der Waals surface area contributed by atoms with E-state index in [1.54, 1.807) is 0 Å². The topological polar surface area (TPSA) is 76.5 Å². The second-order valence-corrected chi connectivity index (χ2v) is 3.95. The van der Waals surface area contributed by atoms with Crippen molar-refractivity contribution in [1.82, 2.24) is 4.98 Å². The molecule has 5 nitrogen and oxygen atoms in total. The fourth-order valence-corrected chi connectivity index (χ4v) is 1.68. The Labute approximate surface area is 113 Å². The number of rotatable bonds is 3. The van der Waals surface area contributed by atoms with Crippen molar-refractivity contribution in [1.29, 1.82) is 0 Å². The average molecular weight is 275 g/mol. The molecule has 2 rings (SSSR count). The molecule has 1 heterocycles. The van der Waals surface area contributed by atoms with Gasteiger partial charge in [-0.3, -0.25) is 4.98 Å². The van der Waals surface area contributed by atoms with Gasteiger partial charge < -0.3 is 9.84 Å². The number of carbonyl (C=O) groups excluding carboxylic acids is 1. The molecule has 0 amide bonds. The first-order valence-corrected chi connectivity index (χ1v) is 5.59. The molecule has 2 aromatic rings. The van der Waals surface area contributed by atoms with Crippen molar-refractivity contribution in [2.24, 2.45) is 0 Å². The summed E-state index contributed by atoms with van der Waals surface area (Å²) in [5, 5.41) is 8.88. The van der Waals surface area contributed by atoms with Gasteiger partial charge in [0.2, 0.25) is 0 Å². The predicted octanol–water partition coefficient (Wildman–Crippen LogP) is 2.37. The zero-order chi connectivity index (χ0) is 14.7. The number of pyridine rings is 1. The Bertz CT molecular complexity index is 685. The number of carboxylic acids is 1. The average Bonchev–Trinajstić information content (AvgIpc) is 2.46. The van der Waals surface area contributed by atoms with Gasteiger partial charge >= 0.3 is 11.9 Å². The molecule has 0 spiro atoms. The number of hydrogen-bond acceptors (Lipinski definition) is 4. The van der Waals surface area contributed by atoms with Gasteiger partial charge in [0.1, 0.15) is 5.82 Å². The molecule has 0 fully saturated rings. The van der Waals surface area contributed by atoms with Gasteiger partial charge in [-0.15, -0.1) is 0 Å². The zero-order valence-corrected chi connectivity index (χ0v) is 10.5. The molecular formula is C14H10FNO4. The number of halogens is 1. The molecule has 1 aromatic carbocycles. The van der Waals surface area contributed by atoms with E-state index >= 15 is 0 Å². The van der Waals surface area contributed by atoms with Gasteiger partial charge in [0.25, 0.3) is 0 Å². The summed E-state index contributed by atoms with van der Waals surface area (Å²) < 4.78 is 18.2. The number of aromatic carboxylic acids is 1. The Kier molecular flexibility index (Phi) is 3.74. The number of benzene rings is 1. The number of carboxylic acid groups (broad SMARTS) is 1. The van der Waals surface area contributed by atoms with Crippen molar-refractivity contribution in [3.05, 3.63) is 53.6 Å². The molecule has 0 unspecified atom stereocenters. The maximum absolute atomic E-state index is 13.8. The number of ether oxygens (including phenoxy) is 1. The number of hydrogen-bond donors (Lipinski definition) is 1. The summed E-state index contributed by atoms with van der Waals surface area (Å²) in [5.41, 5.74) is 0.685. The van der Waals surface area contributed by atoms with Crippen LogP contribution in [-0.4, -0.2) is 29.1 Å². The SMILES string of the molecule is COC(=O)c1ccc(-c2cncc(C(=O)O)c2)cc1F. The van der Waals surface area contributed by atoms with Crippen molar-refractivity contribution in [3.8, 4) is 11.1 Å². The van der Waals surface area contributed by atoms with Gasteiger partial charge in [0.05, 0.1) is 18.2 Å².